The van der Waals surface area contributed by atoms with E-state index >= 15 is 0 Å². The molecule has 1 fully saturated rings. The monoisotopic (exact) mass is 335 g/mol. The molecule has 25 heavy (non-hydrogen) atoms. The third-order valence-electron chi connectivity index (χ3n) is 4.80. The molecule has 1 aliphatic rings. The van der Waals surface area contributed by atoms with Crippen LogP contribution in [0.1, 0.15) is 36.0 Å². The van der Waals surface area contributed by atoms with Crippen LogP contribution in [-0.2, 0) is 0 Å². The van der Waals surface area contributed by atoms with E-state index in [0.29, 0.717) is 5.56 Å². The molecule has 0 atom stereocenters. The van der Waals surface area contributed by atoms with E-state index < -0.39 is 0 Å². The van der Waals surface area contributed by atoms with Gasteiger partial charge in [-0.3, -0.25) is 9.78 Å². The summed E-state index contributed by atoms with van der Waals surface area (Å²) in [6.07, 6.45) is 11.1. The van der Waals surface area contributed by atoms with Crippen LogP contribution in [0.25, 0.3) is 10.8 Å². The predicted octanol–water partition coefficient (Wildman–Crippen LogP) is 3.68. The molecule has 0 bridgehead atoms. The first-order chi connectivity index (χ1) is 12.3. The summed E-state index contributed by atoms with van der Waals surface area (Å²) < 4.78 is 6.25. The summed E-state index contributed by atoms with van der Waals surface area (Å²) in [4.78, 5) is 19.2. The lowest BCUT2D eigenvalue weighted by Gasteiger charge is -2.29. The van der Waals surface area contributed by atoms with E-state index in [1.165, 1.54) is 0 Å². The van der Waals surface area contributed by atoms with Gasteiger partial charge in [-0.05, 0) is 43.9 Å². The van der Waals surface area contributed by atoms with Gasteiger partial charge in [-0.25, -0.2) is 0 Å². The molecule has 1 amide bonds. The molecular weight excluding hydrogens is 314 g/mol. The highest BCUT2D eigenvalue weighted by atomic mass is 16.5. The number of hydrogen-bond acceptors (Lipinski definition) is 3. The smallest absolute Gasteiger partial charge is 0.253 e. The van der Waals surface area contributed by atoms with Crippen molar-refractivity contribution >= 4 is 16.7 Å². The van der Waals surface area contributed by atoms with Crippen molar-refractivity contribution in [3.05, 3.63) is 60.7 Å². The number of nitrogens with zero attached hydrogens (tertiary/aromatic N) is 1. The fourth-order valence-corrected chi connectivity index (χ4v) is 3.43. The number of fused-ring (bicyclic) bond motifs is 1. The number of nitrogens with one attached hydrogen (secondary N) is 2. The number of rotatable bonds is 4. The summed E-state index contributed by atoms with van der Waals surface area (Å²) in [5.41, 5.74) is 0.683. The van der Waals surface area contributed by atoms with Crippen LogP contribution in [0.5, 0.6) is 5.75 Å². The van der Waals surface area contributed by atoms with Gasteiger partial charge in [0.05, 0.1) is 11.7 Å². The first kappa shape index (κ1) is 15.7. The van der Waals surface area contributed by atoms with Crippen molar-refractivity contribution in [2.45, 2.75) is 37.8 Å². The molecule has 2 aromatic heterocycles. The van der Waals surface area contributed by atoms with Crippen LogP contribution in [0.15, 0.2) is 55.1 Å². The molecule has 0 unspecified atom stereocenters. The van der Waals surface area contributed by atoms with Crippen molar-refractivity contribution in [2.75, 3.05) is 0 Å². The Morgan fingerprint density at radius 2 is 2.04 bits per heavy atom. The lowest BCUT2D eigenvalue weighted by Crippen LogP contribution is -2.39. The minimum atomic E-state index is -0.00725. The fourth-order valence-electron chi connectivity index (χ4n) is 3.43. The van der Waals surface area contributed by atoms with Crippen molar-refractivity contribution in [1.29, 1.82) is 0 Å². The van der Waals surface area contributed by atoms with Gasteiger partial charge >= 0.3 is 0 Å². The normalized spacial score (nSPS) is 20.3. The molecule has 1 aromatic carbocycles. The second-order valence-electron chi connectivity index (χ2n) is 6.52. The van der Waals surface area contributed by atoms with Gasteiger partial charge in [0, 0.05) is 41.6 Å². The average molecular weight is 335 g/mol. The zero-order valence-electron chi connectivity index (χ0n) is 13.9. The van der Waals surface area contributed by atoms with Crippen LogP contribution in [0.4, 0.5) is 0 Å². The number of H-pyrrole nitrogens is 1. The summed E-state index contributed by atoms with van der Waals surface area (Å²) in [6.45, 7) is 0. The molecule has 0 aliphatic heterocycles. The average Bonchev–Trinajstić information content (AvgIpc) is 3.19. The Kier molecular flexibility index (Phi) is 4.37. The molecule has 0 spiro atoms. The molecule has 1 aliphatic carbocycles. The highest BCUT2D eigenvalue weighted by molar-refractivity contribution is 5.94. The van der Waals surface area contributed by atoms with Crippen molar-refractivity contribution < 1.29 is 9.53 Å². The van der Waals surface area contributed by atoms with Crippen LogP contribution in [0.3, 0.4) is 0 Å². The van der Waals surface area contributed by atoms with E-state index in [0.717, 1.165) is 42.2 Å². The molecule has 4 rings (SSSR count). The zero-order chi connectivity index (χ0) is 17.1. The maximum Gasteiger partial charge on any atom is 0.253 e. The van der Waals surface area contributed by atoms with E-state index in [1.807, 2.05) is 30.5 Å². The van der Waals surface area contributed by atoms with Crippen LogP contribution in [0.2, 0.25) is 0 Å². The fraction of sp³-hybridized carbons (Fsp3) is 0.300. The zero-order valence-corrected chi connectivity index (χ0v) is 13.9. The topological polar surface area (TPSA) is 67.0 Å². The lowest BCUT2D eigenvalue weighted by atomic mass is 9.92. The van der Waals surface area contributed by atoms with Gasteiger partial charge in [0.1, 0.15) is 5.75 Å². The third-order valence-corrected chi connectivity index (χ3v) is 4.80. The maximum absolute atomic E-state index is 12.1. The number of amides is 1. The van der Waals surface area contributed by atoms with Crippen molar-refractivity contribution in [3.8, 4) is 5.75 Å². The molecular formula is C20H21N3O2. The molecule has 5 heteroatoms. The highest BCUT2D eigenvalue weighted by Crippen LogP contribution is 2.29. The van der Waals surface area contributed by atoms with Crippen molar-refractivity contribution in [2.24, 2.45) is 0 Å². The van der Waals surface area contributed by atoms with E-state index in [2.05, 4.69) is 15.3 Å². The number of aromatic amines is 1. The first-order valence-corrected chi connectivity index (χ1v) is 8.72. The number of pyridine rings is 1. The van der Waals surface area contributed by atoms with Gasteiger partial charge in [0.2, 0.25) is 0 Å². The summed E-state index contributed by atoms with van der Waals surface area (Å²) >= 11 is 0. The molecule has 2 heterocycles. The van der Waals surface area contributed by atoms with Gasteiger partial charge in [0.25, 0.3) is 5.91 Å². The van der Waals surface area contributed by atoms with Crippen molar-refractivity contribution in [1.82, 2.24) is 15.3 Å². The number of aromatic nitrogens is 2. The molecule has 2 N–H and O–H groups in total. The Bertz CT molecular complexity index is 847. The van der Waals surface area contributed by atoms with E-state index in [4.69, 9.17) is 4.74 Å². The van der Waals surface area contributed by atoms with E-state index in [9.17, 15) is 4.79 Å². The Hall–Kier alpha value is -2.82. The number of carbonyl (C=O) groups is 1. The van der Waals surface area contributed by atoms with Gasteiger partial charge in [-0.15, -0.1) is 0 Å². The minimum absolute atomic E-state index is 0.00725. The molecule has 0 radical (unpaired) electrons. The van der Waals surface area contributed by atoms with Gasteiger partial charge < -0.3 is 15.0 Å². The van der Waals surface area contributed by atoms with Gasteiger partial charge in [0.15, 0.2) is 0 Å². The number of ether oxygens (including phenoxy) is 1. The third kappa shape index (κ3) is 3.50. The van der Waals surface area contributed by atoms with E-state index in [1.54, 1.807) is 24.7 Å². The summed E-state index contributed by atoms with van der Waals surface area (Å²) in [5, 5.41) is 5.30. The molecule has 1 saturated carbocycles. The SMILES string of the molecule is O=C(NC1CCC(Oc2cccc3cnccc23)CC1)c1cc[nH]c1. The highest BCUT2D eigenvalue weighted by Gasteiger charge is 2.24. The molecule has 128 valence electrons. The second-order valence-corrected chi connectivity index (χ2v) is 6.52. The molecule has 0 saturated heterocycles. The van der Waals surface area contributed by atoms with Crippen LogP contribution >= 0.6 is 0 Å². The Balaban J connectivity index is 1.35. The largest absolute Gasteiger partial charge is 0.490 e. The van der Waals surface area contributed by atoms with Gasteiger partial charge in [-0.1, -0.05) is 12.1 Å². The van der Waals surface area contributed by atoms with E-state index in [-0.39, 0.29) is 18.1 Å². The number of carbonyl (C=O) groups excluding carboxylic acids is 1. The molecule has 5 nitrogen and oxygen atoms in total. The predicted molar refractivity (Wildman–Crippen MR) is 96.7 cm³/mol. The van der Waals surface area contributed by atoms with Crippen molar-refractivity contribution in [3.63, 3.8) is 0 Å². The standard InChI is InChI=1S/C20H21N3O2/c24-20(15-8-10-21-13-15)23-16-4-6-17(7-5-16)25-19-3-1-2-14-12-22-11-9-18(14)19/h1-3,8-13,16-17,21H,4-7H2,(H,23,24). The number of benzene rings is 1. The Morgan fingerprint density at radius 3 is 2.84 bits per heavy atom. The number of hydrogen-bond donors (Lipinski definition) is 2. The quantitative estimate of drug-likeness (QED) is 0.764. The summed E-state index contributed by atoms with van der Waals surface area (Å²) in [6, 6.07) is 10.1. The summed E-state index contributed by atoms with van der Waals surface area (Å²) in [7, 11) is 0. The Morgan fingerprint density at radius 1 is 1.16 bits per heavy atom. The second kappa shape index (κ2) is 6.97. The molecule has 3 aromatic rings. The maximum atomic E-state index is 12.1. The lowest BCUT2D eigenvalue weighted by molar-refractivity contribution is 0.0895. The first-order valence-electron chi connectivity index (χ1n) is 8.72. The van der Waals surface area contributed by atoms with Crippen LogP contribution < -0.4 is 10.1 Å². The summed E-state index contributed by atoms with van der Waals surface area (Å²) in [5.74, 6) is 0.909. The van der Waals surface area contributed by atoms with Crippen LogP contribution in [0, 0.1) is 0 Å². The Labute approximate surface area is 146 Å². The van der Waals surface area contributed by atoms with Crippen LogP contribution in [-0.4, -0.2) is 28.0 Å². The van der Waals surface area contributed by atoms with Gasteiger partial charge in [-0.2, -0.15) is 0 Å². The minimum Gasteiger partial charge on any atom is -0.490 e.